The van der Waals surface area contributed by atoms with Crippen LogP contribution in [0, 0.1) is 0 Å². The van der Waals surface area contributed by atoms with Gasteiger partial charge in [-0.05, 0) is 109 Å². The summed E-state index contributed by atoms with van der Waals surface area (Å²) in [4.78, 5) is 47.4. The lowest BCUT2D eigenvalue weighted by atomic mass is 9.90. The zero-order valence-corrected chi connectivity index (χ0v) is 29.0. The van der Waals surface area contributed by atoms with E-state index in [1.807, 2.05) is 76.2 Å². The predicted molar refractivity (Wildman–Crippen MR) is 200 cm³/mol. The Hall–Kier alpha value is -6.35. The van der Waals surface area contributed by atoms with E-state index in [0.717, 1.165) is 34.4 Å². The summed E-state index contributed by atoms with van der Waals surface area (Å²) < 4.78 is 7.64. The smallest absolute Gasteiger partial charge is 0.415 e. The van der Waals surface area contributed by atoms with E-state index in [4.69, 9.17) is 4.74 Å². The molecule has 0 aliphatic carbocycles. The third kappa shape index (κ3) is 6.04. The molecule has 9 nitrogen and oxygen atoms in total. The highest BCUT2D eigenvalue weighted by atomic mass is 16.6. The van der Waals surface area contributed by atoms with Crippen LogP contribution in [-0.2, 0) is 25.9 Å². The molecule has 4 heterocycles. The zero-order chi connectivity index (χ0) is 35.9. The fourth-order valence-corrected chi connectivity index (χ4v) is 7.42. The van der Waals surface area contributed by atoms with Crippen molar-refractivity contribution in [3.05, 3.63) is 155 Å². The molecule has 3 amide bonds. The van der Waals surface area contributed by atoms with Crippen molar-refractivity contribution in [3.63, 3.8) is 0 Å². The molecule has 52 heavy (non-hydrogen) atoms. The topological polar surface area (TPSA) is 94.8 Å². The number of nitrogens with zero attached hydrogens (tertiary/aromatic N) is 4. The number of ether oxygens (including phenoxy) is 1. The van der Waals surface area contributed by atoms with Crippen LogP contribution in [0.3, 0.4) is 0 Å². The molecular formula is C43H38N4O5. The number of carbonyl (C=O) groups excluding carboxylic acids is 3. The van der Waals surface area contributed by atoms with Crippen LogP contribution in [0.5, 0.6) is 11.5 Å². The first-order valence-electron chi connectivity index (χ1n) is 17.5. The van der Waals surface area contributed by atoms with Gasteiger partial charge in [0.1, 0.15) is 11.5 Å². The molecule has 0 saturated heterocycles. The van der Waals surface area contributed by atoms with Crippen molar-refractivity contribution in [1.82, 2.24) is 14.2 Å². The van der Waals surface area contributed by atoms with E-state index in [9.17, 15) is 19.5 Å². The summed E-state index contributed by atoms with van der Waals surface area (Å²) in [5, 5.41) is 9.82. The minimum absolute atomic E-state index is 0.0382. The van der Waals surface area contributed by atoms with Gasteiger partial charge in [-0.15, -0.1) is 0 Å². The largest absolute Gasteiger partial charge is 0.508 e. The number of aromatic nitrogens is 1. The van der Waals surface area contributed by atoms with E-state index in [1.54, 1.807) is 53.2 Å². The molecule has 2 aliphatic heterocycles. The molecule has 0 fully saturated rings. The maximum absolute atomic E-state index is 14.9. The molecule has 0 spiro atoms. The average molecular weight is 691 g/mol. The number of phenols is 1. The van der Waals surface area contributed by atoms with E-state index in [1.165, 1.54) is 5.56 Å². The number of carbonyl (C=O) groups is 3. The van der Waals surface area contributed by atoms with Crippen LogP contribution in [0.4, 0.5) is 10.5 Å². The van der Waals surface area contributed by atoms with Crippen molar-refractivity contribution in [2.75, 3.05) is 18.5 Å². The van der Waals surface area contributed by atoms with E-state index in [2.05, 4.69) is 25.1 Å². The Morgan fingerprint density at radius 1 is 0.769 bits per heavy atom. The highest BCUT2D eigenvalue weighted by Crippen LogP contribution is 2.36. The van der Waals surface area contributed by atoms with Crippen LogP contribution in [-0.4, -0.2) is 56.8 Å². The minimum atomic E-state index is -0.437. The Bertz CT molecular complexity index is 2330. The van der Waals surface area contributed by atoms with Gasteiger partial charge in [0.25, 0.3) is 11.8 Å². The molecule has 0 bridgehead atoms. The van der Waals surface area contributed by atoms with Gasteiger partial charge in [-0.1, -0.05) is 48.5 Å². The summed E-state index contributed by atoms with van der Waals surface area (Å²) in [6.07, 6.45) is 2.80. The SMILES string of the molecule is C[C@@H]1Cc2ccccc2CN1C(=O)c1cc2c(cc1-c1cc(C(=O)N(C)c3ccc(O)cc3)c3ccccn13)CCN(C(=O)Oc1ccccc1)C2. The van der Waals surface area contributed by atoms with Crippen molar-refractivity contribution in [3.8, 4) is 22.8 Å². The van der Waals surface area contributed by atoms with Crippen LogP contribution >= 0.6 is 0 Å². The van der Waals surface area contributed by atoms with Gasteiger partial charge in [0.2, 0.25) is 0 Å². The Labute approximate surface area is 301 Å². The van der Waals surface area contributed by atoms with Crippen molar-refractivity contribution in [2.24, 2.45) is 0 Å². The molecule has 0 radical (unpaired) electrons. The van der Waals surface area contributed by atoms with Gasteiger partial charge in [-0.3, -0.25) is 9.59 Å². The highest BCUT2D eigenvalue weighted by Gasteiger charge is 2.32. The van der Waals surface area contributed by atoms with Gasteiger partial charge in [-0.2, -0.15) is 0 Å². The van der Waals surface area contributed by atoms with Gasteiger partial charge in [-0.25, -0.2) is 4.79 Å². The number of fused-ring (bicyclic) bond motifs is 3. The second-order valence-electron chi connectivity index (χ2n) is 13.6. The molecule has 2 aliphatic rings. The quantitative estimate of drug-likeness (QED) is 0.200. The monoisotopic (exact) mass is 690 g/mol. The van der Waals surface area contributed by atoms with Crippen molar-refractivity contribution >= 4 is 29.1 Å². The van der Waals surface area contributed by atoms with Gasteiger partial charge in [0.05, 0.1) is 16.8 Å². The first-order valence-corrected chi connectivity index (χ1v) is 17.5. The molecule has 0 unspecified atom stereocenters. The highest BCUT2D eigenvalue weighted by molar-refractivity contribution is 6.12. The Morgan fingerprint density at radius 3 is 2.29 bits per heavy atom. The van der Waals surface area contributed by atoms with Crippen LogP contribution in [0.2, 0.25) is 0 Å². The standard InChI is InChI=1S/C43H38N4O5/c1-28-22-29-10-6-7-11-31(29)27-47(28)42(50)37-24-32-26-45(43(51)52-35-12-4-3-5-13-35)21-19-30(32)23-36(37)40-25-38(39-14-8-9-20-46(39)40)41(49)44(2)33-15-17-34(48)18-16-33/h3-18,20,23-25,28,48H,19,21-22,26-27H2,1-2H3/t28-/m1/s1. The number of hydrogen-bond donors (Lipinski definition) is 1. The van der Waals surface area contributed by atoms with Crippen molar-refractivity contribution in [1.29, 1.82) is 0 Å². The lowest BCUT2D eigenvalue weighted by Gasteiger charge is -2.36. The first-order chi connectivity index (χ1) is 25.2. The van der Waals surface area contributed by atoms with Gasteiger partial charge < -0.3 is 28.9 Å². The number of para-hydroxylation sites is 1. The number of benzene rings is 4. The average Bonchev–Trinajstić information content (AvgIpc) is 3.56. The third-order valence-corrected chi connectivity index (χ3v) is 10.3. The molecule has 1 N–H and O–H groups in total. The number of phenolic OH excluding ortho intramolecular Hbond substituents is 1. The number of amides is 3. The minimum Gasteiger partial charge on any atom is -0.508 e. The van der Waals surface area contributed by atoms with E-state index >= 15 is 0 Å². The number of aromatic hydroxyl groups is 1. The van der Waals surface area contributed by atoms with Gasteiger partial charge >= 0.3 is 6.09 Å². The molecule has 8 rings (SSSR count). The molecular weight excluding hydrogens is 652 g/mol. The summed E-state index contributed by atoms with van der Waals surface area (Å²) in [6, 6.07) is 35.3. The van der Waals surface area contributed by atoms with Gasteiger partial charge in [0, 0.05) is 55.7 Å². The number of anilines is 1. The summed E-state index contributed by atoms with van der Waals surface area (Å²) >= 11 is 0. The first kappa shape index (κ1) is 32.8. The van der Waals surface area contributed by atoms with Crippen LogP contribution < -0.4 is 9.64 Å². The predicted octanol–water partition coefficient (Wildman–Crippen LogP) is 7.73. The second kappa shape index (κ2) is 13.4. The van der Waals surface area contributed by atoms with Crippen LogP contribution in [0.25, 0.3) is 16.8 Å². The fraction of sp³-hybridized carbons (Fsp3) is 0.186. The zero-order valence-electron chi connectivity index (χ0n) is 29.0. The summed E-state index contributed by atoms with van der Waals surface area (Å²) in [6.45, 7) is 3.32. The van der Waals surface area contributed by atoms with E-state index in [-0.39, 0.29) is 23.6 Å². The molecule has 2 aromatic heterocycles. The molecule has 6 aromatic rings. The number of pyridine rings is 1. The summed E-state index contributed by atoms with van der Waals surface area (Å²) in [5.41, 5.74) is 8.08. The summed E-state index contributed by atoms with van der Waals surface area (Å²) in [7, 11) is 1.71. The lowest BCUT2D eigenvalue weighted by molar-refractivity contribution is 0.0658. The third-order valence-electron chi connectivity index (χ3n) is 10.3. The maximum Gasteiger partial charge on any atom is 0.415 e. The normalized spacial score (nSPS) is 15.2. The van der Waals surface area contributed by atoms with Crippen molar-refractivity contribution < 1.29 is 24.2 Å². The number of hydrogen-bond acceptors (Lipinski definition) is 5. The van der Waals surface area contributed by atoms with Crippen molar-refractivity contribution in [2.45, 2.75) is 38.9 Å². The molecule has 9 heteroatoms. The van der Waals surface area contributed by atoms with Crippen LogP contribution in [0.15, 0.2) is 121 Å². The summed E-state index contributed by atoms with van der Waals surface area (Å²) in [5.74, 6) is 0.267. The molecule has 0 saturated carbocycles. The fourth-order valence-electron chi connectivity index (χ4n) is 7.42. The Morgan fingerprint density at radius 2 is 1.50 bits per heavy atom. The lowest BCUT2D eigenvalue weighted by Crippen LogP contribution is -2.43. The second-order valence-corrected chi connectivity index (χ2v) is 13.6. The van der Waals surface area contributed by atoms with E-state index < -0.39 is 6.09 Å². The Balaban J connectivity index is 1.22. The Kier molecular flexibility index (Phi) is 8.47. The van der Waals surface area contributed by atoms with Gasteiger partial charge in [0.15, 0.2) is 0 Å². The molecule has 4 aromatic carbocycles. The molecule has 260 valence electrons. The van der Waals surface area contributed by atoms with Crippen LogP contribution in [0.1, 0.15) is 49.9 Å². The maximum atomic E-state index is 14.9. The number of rotatable bonds is 5. The van der Waals surface area contributed by atoms with E-state index in [0.29, 0.717) is 54.1 Å². The molecule has 1 atom stereocenters.